The molecule has 6 nitrogen and oxygen atoms in total. The molecule has 0 spiro atoms. The van der Waals surface area contributed by atoms with Crippen molar-refractivity contribution in [2.75, 3.05) is 0 Å². The number of carbonyl (C=O) groups is 2. The Morgan fingerprint density at radius 2 is 1.75 bits per heavy atom. The van der Waals surface area contributed by atoms with Crippen molar-refractivity contribution < 1.29 is 24.2 Å². The second-order valence-electron chi connectivity index (χ2n) is 3.25. The lowest BCUT2D eigenvalue weighted by Crippen LogP contribution is -2.35. The van der Waals surface area contributed by atoms with Crippen molar-refractivity contribution in [3.63, 3.8) is 0 Å². The number of aliphatic carboxylic acids is 1. The molecule has 0 heterocycles. The fourth-order valence-electron chi connectivity index (χ4n) is 0.965. The first-order valence-corrected chi connectivity index (χ1v) is 5.46. The molecule has 0 rings (SSSR count). The minimum absolute atomic E-state index is 0.217. The van der Waals surface area contributed by atoms with Crippen LogP contribution >= 0.6 is 16.1 Å². The Morgan fingerprint density at radius 3 is 2.12 bits per heavy atom. The highest BCUT2D eigenvalue weighted by molar-refractivity contribution is 9.07. The van der Waals surface area contributed by atoms with Crippen LogP contribution in [-0.4, -0.2) is 39.5 Å². The van der Waals surface area contributed by atoms with Crippen molar-refractivity contribution in [3.05, 3.63) is 0 Å². The van der Waals surface area contributed by atoms with Gasteiger partial charge < -0.3 is 14.6 Å². The largest absolute Gasteiger partial charge is 0.479 e. The first kappa shape index (κ1) is 15.3. The van der Waals surface area contributed by atoms with E-state index in [0.717, 1.165) is 0 Å². The van der Waals surface area contributed by atoms with Gasteiger partial charge in [-0.2, -0.15) is 0 Å². The summed E-state index contributed by atoms with van der Waals surface area (Å²) in [4.78, 5) is 21.5. The van der Waals surface area contributed by atoms with Gasteiger partial charge in [0.25, 0.3) is 0 Å². The van der Waals surface area contributed by atoms with Gasteiger partial charge >= 0.3 is 5.97 Å². The zero-order valence-corrected chi connectivity index (χ0v) is 11.2. The van der Waals surface area contributed by atoms with Gasteiger partial charge in [0.05, 0.1) is 16.1 Å². The van der Waals surface area contributed by atoms with E-state index in [1.165, 1.54) is 17.8 Å². The van der Waals surface area contributed by atoms with Gasteiger partial charge in [0.15, 0.2) is 12.4 Å². The molecule has 0 aliphatic heterocycles. The summed E-state index contributed by atoms with van der Waals surface area (Å²) >= 11 is 3.02. The second kappa shape index (κ2) is 6.82. The van der Waals surface area contributed by atoms with Gasteiger partial charge in [-0.1, -0.05) is 0 Å². The maximum atomic E-state index is 11.0. The standard InChI is InChI=1S/C9H16BrNO5/c1-5(9(13)14)15-8(4)16-7(3)11(10)6(2)12/h5,7-8H,1-4H3,(H,13,14). The molecule has 0 saturated carbocycles. The minimum atomic E-state index is -1.06. The Balaban J connectivity index is 4.09. The lowest BCUT2D eigenvalue weighted by Gasteiger charge is -2.25. The third-order valence-corrected chi connectivity index (χ3v) is 2.83. The number of rotatable bonds is 6. The molecule has 1 amide bonds. The molecule has 0 aliphatic rings. The number of carboxylic acids is 1. The molecule has 0 aliphatic carbocycles. The van der Waals surface area contributed by atoms with Gasteiger partial charge in [-0.25, -0.2) is 4.79 Å². The van der Waals surface area contributed by atoms with Crippen LogP contribution in [0.25, 0.3) is 0 Å². The van der Waals surface area contributed by atoms with Crippen LogP contribution in [0.1, 0.15) is 27.7 Å². The third kappa shape index (κ3) is 5.43. The summed E-state index contributed by atoms with van der Waals surface area (Å²) in [6.45, 7) is 5.99. The molecule has 0 aromatic heterocycles. The van der Waals surface area contributed by atoms with E-state index in [2.05, 4.69) is 16.1 Å². The Hall–Kier alpha value is -0.660. The summed E-state index contributed by atoms with van der Waals surface area (Å²) in [6.07, 6.45) is -2.22. The minimum Gasteiger partial charge on any atom is -0.479 e. The maximum absolute atomic E-state index is 11.0. The Kier molecular flexibility index (Phi) is 6.54. The van der Waals surface area contributed by atoms with Crippen LogP contribution in [0.5, 0.6) is 0 Å². The molecule has 3 atom stereocenters. The van der Waals surface area contributed by atoms with Crippen molar-refractivity contribution in [2.24, 2.45) is 0 Å². The average Bonchev–Trinajstić information content (AvgIpc) is 2.15. The summed E-state index contributed by atoms with van der Waals surface area (Å²) < 4.78 is 11.5. The number of halogens is 1. The number of amides is 1. The van der Waals surface area contributed by atoms with Gasteiger partial charge in [-0.3, -0.25) is 8.72 Å². The van der Waals surface area contributed by atoms with Gasteiger partial charge in [0, 0.05) is 6.92 Å². The summed E-state index contributed by atoms with van der Waals surface area (Å²) in [6, 6.07) is 0. The van der Waals surface area contributed by atoms with E-state index in [4.69, 9.17) is 14.6 Å². The van der Waals surface area contributed by atoms with Gasteiger partial charge in [-0.15, -0.1) is 0 Å². The zero-order chi connectivity index (χ0) is 12.9. The number of hydrogen-bond donors (Lipinski definition) is 1. The Morgan fingerprint density at radius 1 is 1.25 bits per heavy atom. The molecule has 3 unspecified atom stereocenters. The molecule has 94 valence electrons. The highest BCUT2D eigenvalue weighted by atomic mass is 79.9. The molecule has 16 heavy (non-hydrogen) atoms. The molecule has 1 N–H and O–H groups in total. The lowest BCUT2D eigenvalue weighted by atomic mass is 10.4. The first-order chi connectivity index (χ1) is 7.25. The molecule has 0 radical (unpaired) electrons. The lowest BCUT2D eigenvalue weighted by molar-refractivity contribution is -0.204. The van der Waals surface area contributed by atoms with E-state index in [0.29, 0.717) is 0 Å². The van der Waals surface area contributed by atoms with Crippen LogP contribution in [-0.2, 0) is 19.1 Å². The van der Waals surface area contributed by atoms with Crippen molar-refractivity contribution in [1.29, 1.82) is 0 Å². The quantitative estimate of drug-likeness (QED) is 0.591. The molecule has 0 saturated heterocycles. The molecular weight excluding hydrogens is 282 g/mol. The molecule has 0 bridgehead atoms. The van der Waals surface area contributed by atoms with E-state index in [-0.39, 0.29) is 5.91 Å². The van der Waals surface area contributed by atoms with E-state index >= 15 is 0 Å². The topological polar surface area (TPSA) is 76.1 Å². The fraction of sp³-hybridized carbons (Fsp3) is 0.778. The van der Waals surface area contributed by atoms with Gasteiger partial charge in [0.1, 0.15) is 6.23 Å². The van der Waals surface area contributed by atoms with E-state index in [1.54, 1.807) is 13.8 Å². The first-order valence-electron chi connectivity index (χ1n) is 4.75. The van der Waals surface area contributed by atoms with Crippen LogP contribution < -0.4 is 0 Å². The number of hydrogen-bond acceptors (Lipinski definition) is 4. The van der Waals surface area contributed by atoms with E-state index < -0.39 is 24.6 Å². The predicted molar refractivity (Wildman–Crippen MR) is 59.6 cm³/mol. The number of carbonyl (C=O) groups excluding carboxylic acids is 1. The third-order valence-electron chi connectivity index (χ3n) is 1.75. The normalized spacial score (nSPS) is 16.3. The monoisotopic (exact) mass is 297 g/mol. The molecule has 0 aromatic carbocycles. The van der Waals surface area contributed by atoms with Crippen molar-refractivity contribution in [3.8, 4) is 0 Å². The van der Waals surface area contributed by atoms with Gasteiger partial charge in [-0.05, 0) is 20.8 Å². The summed E-state index contributed by atoms with van der Waals surface area (Å²) in [5.74, 6) is -1.28. The summed E-state index contributed by atoms with van der Waals surface area (Å²) in [5, 5.41) is 8.61. The Bertz CT molecular complexity index is 260. The predicted octanol–water partition coefficient (Wildman–Crippen LogP) is 1.34. The van der Waals surface area contributed by atoms with Crippen LogP contribution in [0, 0.1) is 0 Å². The molecule has 0 aromatic rings. The van der Waals surface area contributed by atoms with Crippen LogP contribution in [0.15, 0.2) is 0 Å². The molecular formula is C9H16BrNO5. The molecule has 0 fully saturated rings. The Labute approximate surface area is 103 Å². The van der Waals surface area contributed by atoms with Gasteiger partial charge in [0.2, 0.25) is 5.91 Å². The highest BCUT2D eigenvalue weighted by Crippen LogP contribution is 2.11. The maximum Gasteiger partial charge on any atom is 0.332 e. The van der Waals surface area contributed by atoms with Crippen LogP contribution in [0.4, 0.5) is 0 Å². The fourth-order valence-corrected chi connectivity index (χ4v) is 1.06. The average molecular weight is 298 g/mol. The SMILES string of the molecule is CC(=O)N(Br)C(C)OC(C)OC(C)C(=O)O. The summed E-state index contributed by atoms with van der Waals surface area (Å²) in [5.41, 5.74) is 0. The van der Waals surface area contributed by atoms with Crippen LogP contribution in [0.2, 0.25) is 0 Å². The number of nitrogens with zero attached hydrogens (tertiary/aromatic N) is 1. The number of ether oxygens (including phenoxy) is 2. The summed E-state index contributed by atoms with van der Waals surface area (Å²) in [7, 11) is 0. The van der Waals surface area contributed by atoms with E-state index in [1.807, 2.05) is 0 Å². The van der Waals surface area contributed by atoms with E-state index in [9.17, 15) is 9.59 Å². The highest BCUT2D eigenvalue weighted by Gasteiger charge is 2.20. The van der Waals surface area contributed by atoms with Crippen molar-refractivity contribution in [1.82, 2.24) is 3.93 Å². The second-order valence-corrected chi connectivity index (χ2v) is 4.01. The van der Waals surface area contributed by atoms with Crippen molar-refractivity contribution in [2.45, 2.75) is 46.3 Å². The van der Waals surface area contributed by atoms with Crippen LogP contribution in [0.3, 0.4) is 0 Å². The molecule has 7 heteroatoms. The zero-order valence-electron chi connectivity index (χ0n) is 9.64. The smallest absolute Gasteiger partial charge is 0.332 e. The van der Waals surface area contributed by atoms with Crippen molar-refractivity contribution >= 4 is 28.0 Å². The number of carboxylic acid groups (broad SMARTS) is 1.